The molecule has 0 unspecified atom stereocenters. The maximum atomic E-state index is 12.4. The predicted molar refractivity (Wildman–Crippen MR) is 110 cm³/mol. The van der Waals surface area contributed by atoms with E-state index in [-0.39, 0.29) is 16.6 Å². The lowest BCUT2D eigenvalue weighted by molar-refractivity contribution is 0.102. The van der Waals surface area contributed by atoms with Crippen LogP contribution in [0.3, 0.4) is 0 Å². The molecule has 1 aliphatic heterocycles. The van der Waals surface area contributed by atoms with Gasteiger partial charge in [0.15, 0.2) is 9.84 Å². The molecule has 1 amide bonds. The SMILES string of the molecule is CCS(=O)(=O)c1ccc(C(=O)Nc2ccc(N3CCCCC3)c(Cl)c2)cc1. The Hall–Kier alpha value is -2.05. The minimum atomic E-state index is -3.27. The number of carbonyl (C=O) groups is 1. The summed E-state index contributed by atoms with van der Waals surface area (Å²) in [5.41, 5.74) is 1.99. The zero-order valence-electron chi connectivity index (χ0n) is 15.2. The Bertz CT molecular complexity index is 921. The number of rotatable bonds is 5. The summed E-state index contributed by atoms with van der Waals surface area (Å²) in [4.78, 5) is 14.9. The fourth-order valence-electron chi connectivity index (χ4n) is 3.16. The molecule has 0 radical (unpaired) electrons. The standard InChI is InChI=1S/C20H23ClN2O3S/c1-2-27(25,26)17-9-6-15(7-10-17)20(24)22-16-8-11-19(18(21)14-16)23-12-4-3-5-13-23/h6-11,14H,2-5,12-13H2,1H3,(H,22,24). The number of sulfone groups is 1. The number of hydrogen-bond donors (Lipinski definition) is 1. The Balaban J connectivity index is 1.71. The number of piperidine rings is 1. The lowest BCUT2D eigenvalue weighted by atomic mass is 10.1. The molecule has 2 aromatic rings. The van der Waals surface area contributed by atoms with E-state index in [1.54, 1.807) is 13.0 Å². The molecule has 0 spiro atoms. The van der Waals surface area contributed by atoms with Crippen LogP contribution in [0, 0.1) is 0 Å². The highest BCUT2D eigenvalue weighted by molar-refractivity contribution is 7.91. The zero-order valence-corrected chi connectivity index (χ0v) is 16.8. The van der Waals surface area contributed by atoms with Gasteiger partial charge in [0.1, 0.15) is 0 Å². The first-order valence-electron chi connectivity index (χ1n) is 9.09. The molecule has 1 fully saturated rings. The van der Waals surface area contributed by atoms with E-state index < -0.39 is 9.84 Å². The number of benzene rings is 2. The smallest absolute Gasteiger partial charge is 0.255 e. The van der Waals surface area contributed by atoms with Gasteiger partial charge in [-0.05, 0) is 61.7 Å². The summed E-state index contributed by atoms with van der Waals surface area (Å²) < 4.78 is 23.7. The molecule has 5 nitrogen and oxygen atoms in total. The second-order valence-corrected chi connectivity index (χ2v) is 9.28. The van der Waals surface area contributed by atoms with Gasteiger partial charge in [-0.25, -0.2) is 8.42 Å². The van der Waals surface area contributed by atoms with E-state index in [4.69, 9.17) is 11.6 Å². The van der Waals surface area contributed by atoms with E-state index in [1.165, 1.54) is 43.5 Å². The number of nitrogens with zero attached hydrogens (tertiary/aromatic N) is 1. The van der Waals surface area contributed by atoms with Gasteiger partial charge in [0.05, 0.1) is 21.4 Å². The van der Waals surface area contributed by atoms with E-state index in [2.05, 4.69) is 10.2 Å². The van der Waals surface area contributed by atoms with Gasteiger partial charge >= 0.3 is 0 Å². The normalized spacial score (nSPS) is 14.8. The summed E-state index contributed by atoms with van der Waals surface area (Å²) in [5.74, 6) is -0.280. The van der Waals surface area contributed by atoms with Crippen molar-refractivity contribution in [1.29, 1.82) is 0 Å². The van der Waals surface area contributed by atoms with Gasteiger partial charge in [-0.15, -0.1) is 0 Å². The van der Waals surface area contributed by atoms with Crippen LogP contribution >= 0.6 is 11.6 Å². The molecule has 2 aromatic carbocycles. The fourth-order valence-corrected chi connectivity index (χ4v) is 4.34. The minimum absolute atomic E-state index is 0.0282. The lowest BCUT2D eigenvalue weighted by Gasteiger charge is -2.29. The van der Waals surface area contributed by atoms with Crippen molar-refractivity contribution in [1.82, 2.24) is 0 Å². The summed E-state index contributed by atoms with van der Waals surface area (Å²) in [6.45, 7) is 3.59. The van der Waals surface area contributed by atoms with Crippen molar-refractivity contribution in [2.75, 3.05) is 29.1 Å². The summed E-state index contributed by atoms with van der Waals surface area (Å²) in [5, 5.41) is 3.42. The number of anilines is 2. The second kappa shape index (κ2) is 8.31. The summed E-state index contributed by atoms with van der Waals surface area (Å²) in [7, 11) is -3.27. The first-order valence-corrected chi connectivity index (χ1v) is 11.1. The van der Waals surface area contributed by atoms with Gasteiger partial charge in [-0.3, -0.25) is 4.79 Å². The lowest BCUT2D eigenvalue weighted by Crippen LogP contribution is -2.29. The van der Waals surface area contributed by atoms with Gasteiger partial charge in [0, 0.05) is 24.3 Å². The second-order valence-electron chi connectivity index (χ2n) is 6.60. The van der Waals surface area contributed by atoms with Gasteiger partial charge in [-0.1, -0.05) is 18.5 Å². The highest BCUT2D eigenvalue weighted by Gasteiger charge is 2.16. The predicted octanol–water partition coefficient (Wildman–Crippen LogP) is 4.38. The number of halogens is 1. The van der Waals surface area contributed by atoms with Crippen LogP contribution in [0.15, 0.2) is 47.4 Å². The molecule has 7 heteroatoms. The van der Waals surface area contributed by atoms with Crippen LogP contribution < -0.4 is 10.2 Å². The molecular formula is C20H23ClN2O3S. The molecule has 0 bridgehead atoms. The van der Waals surface area contributed by atoms with Crippen molar-refractivity contribution in [3.05, 3.63) is 53.1 Å². The molecule has 0 saturated carbocycles. The summed E-state index contributed by atoms with van der Waals surface area (Å²) >= 11 is 6.42. The Morgan fingerprint density at radius 2 is 1.74 bits per heavy atom. The van der Waals surface area contributed by atoms with Crippen LogP contribution in [0.1, 0.15) is 36.5 Å². The third-order valence-electron chi connectivity index (χ3n) is 4.76. The third-order valence-corrected chi connectivity index (χ3v) is 6.81. The number of amides is 1. The molecule has 1 heterocycles. The Kier molecular flexibility index (Phi) is 6.07. The van der Waals surface area contributed by atoms with E-state index >= 15 is 0 Å². The average Bonchev–Trinajstić information content (AvgIpc) is 2.69. The van der Waals surface area contributed by atoms with Crippen LogP contribution in [0.5, 0.6) is 0 Å². The Morgan fingerprint density at radius 1 is 1.07 bits per heavy atom. The summed E-state index contributed by atoms with van der Waals surface area (Å²) in [6.07, 6.45) is 3.58. The third kappa shape index (κ3) is 4.62. The van der Waals surface area contributed by atoms with Gasteiger partial charge < -0.3 is 10.2 Å². The van der Waals surface area contributed by atoms with Crippen LogP contribution in [0.2, 0.25) is 5.02 Å². The van der Waals surface area contributed by atoms with Crippen LogP contribution in [-0.4, -0.2) is 33.2 Å². The van der Waals surface area contributed by atoms with Crippen molar-refractivity contribution in [2.45, 2.75) is 31.1 Å². The molecule has 0 aliphatic carbocycles. The molecule has 3 rings (SSSR count). The van der Waals surface area contributed by atoms with Gasteiger partial charge in [-0.2, -0.15) is 0 Å². The number of hydrogen-bond acceptors (Lipinski definition) is 4. The highest BCUT2D eigenvalue weighted by atomic mass is 35.5. The van der Waals surface area contributed by atoms with Crippen molar-refractivity contribution >= 4 is 38.7 Å². The van der Waals surface area contributed by atoms with Gasteiger partial charge in [0.2, 0.25) is 0 Å². The van der Waals surface area contributed by atoms with Crippen LogP contribution in [0.25, 0.3) is 0 Å². The molecule has 1 aliphatic rings. The first-order chi connectivity index (χ1) is 12.9. The van der Waals surface area contributed by atoms with Crippen molar-refractivity contribution in [2.24, 2.45) is 0 Å². The molecule has 1 N–H and O–H groups in total. The van der Waals surface area contributed by atoms with E-state index in [1.807, 2.05) is 12.1 Å². The fraction of sp³-hybridized carbons (Fsp3) is 0.350. The number of nitrogens with one attached hydrogen (secondary N) is 1. The Morgan fingerprint density at radius 3 is 2.33 bits per heavy atom. The van der Waals surface area contributed by atoms with E-state index in [9.17, 15) is 13.2 Å². The first kappa shape index (κ1) is 19.7. The van der Waals surface area contributed by atoms with Gasteiger partial charge in [0.25, 0.3) is 5.91 Å². The largest absolute Gasteiger partial charge is 0.370 e. The molecule has 27 heavy (non-hydrogen) atoms. The average molecular weight is 407 g/mol. The van der Waals surface area contributed by atoms with Crippen LogP contribution in [0.4, 0.5) is 11.4 Å². The number of carbonyl (C=O) groups excluding carboxylic acids is 1. The molecular weight excluding hydrogens is 384 g/mol. The summed E-state index contributed by atoms with van der Waals surface area (Å²) in [6, 6.07) is 11.5. The molecule has 0 aromatic heterocycles. The Labute approximate surface area is 165 Å². The maximum absolute atomic E-state index is 12.4. The van der Waals surface area contributed by atoms with Crippen LogP contribution in [-0.2, 0) is 9.84 Å². The maximum Gasteiger partial charge on any atom is 0.255 e. The monoisotopic (exact) mass is 406 g/mol. The quantitative estimate of drug-likeness (QED) is 0.800. The molecule has 0 atom stereocenters. The van der Waals surface area contributed by atoms with E-state index in [0.29, 0.717) is 16.3 Å². The highest BCUT2D eigenvalue weighted by Crippen LogP contribution is 2.31. The molecule has 1 saturated heterocycles. The molecule has 144 valence electrons. The van der Waals surface area contributed by atoms with Crippen molar-refractivity contribution < 1.29 is 13.2 Å². The van der Waals surface area contributed by atoms with Crippen molar-refractivity contribution in [3.8, 4) is 0 Å². The topological polar surface area (TPSA) is 66.5 Å². The van der Waals surface area contributed by atoms with E-state index in [0.717, 1.165) is 18.8 Å². The van der Waals surface area contributed by atoms with Crippen molar-refractivity contribution in [3.63, 3.8) is 0 Å². The zero-order chi connectivity index (χ0) is 19.4. The minimum Gasteiger partial charge on any atom is -0.370 e.